The first-order chi connectivity index (χ1) is 9.43. The van der Waals surface area contributed by atoms with Crippen molar-refractivity contribution in [3.63, 3.8) is 0 Å². The largest absolute Gasteiger partial charge is 0.329 e. The summed E-state index contributed by atoms with van der Waals surface area (Å²) in [6, 6.07) is 0. The minimum absolute atomic E-state index is 0.270. The first kappa shape index (κ1) is 17.9. The molecule has 0 bridgehead atoms. The molecule has 2 N–H and O–H groups in total. The third-order valence-corrected chi connectivity index (χ3v) is 5.07. The molecule has 0 aliphatic heterocycles. The van der Waals surface area contributed by atoms with Gasteiger partial charge in [0.15, 0.2) is 0 Å². The first-order valence-electron chi connectivity index (χ1n) is 8.53. The number of hydrogen-bond donors (Lipinski definition) is 1. The van der Waals surface area contributed by atoms with E-state index in [2.05, 4.69) is 44.7 Å². The van der Waals surface area contributed by atoms with Crippen molar-refractivity contribution < 1.29 is 0 Å². The van der Waals surface area contributed by atoms with Crippen LogP contribution in [-0.2, 0) is 0 Å². The maximum Gasteiger partial charge on any atom is 0.0332 e. The maximum absolute atomic E-state index is 6.25. The molecule has 0 heterocycles. The standard InChI is InChI=1S/C17H37N3/c1-6-16-7-9-17(14-18,10-8-16)20(13-15(2)3)12-11-19(4)5/h15-16H,6-14,18H2,1-5H3. The lowest BCUT2D eigenvalue weighted by Gasteiger charge is -2.48. The molecule has 1 saturated carbocycles. The molecule has 0 amide bonds. The molecule has 1 fully saturated rings. The summed E-state index contributed by atoms with van der Waals surface area (Å²) in [5.74, 6) is 1.65. The Hall–Kier alpha value is -0.120. The molecule has 0 atom stereocenters. The Morgan fingerprint density at radius 1 is 1.15 bits per heavy atom. The number of nitrogens with zero attached hydrogens (tertiary/aromatic N) is 2. The van der Waals surface area contributed by atoms with Crippen LogP contribution in [-0.4, -0.2) is 55.6 Å². The molecule has 1 rings (SSSR count). The summed E-state index contributed by atoms with van der Waals surface area (Å²) in [5, 5.41) is 0. The van der Waals surface area contributed by atoms with E-state index < -0.39 is 0 Å². The molecule has 0 saturated heterocycles. The van der Waals surface area contributed by atoms with Crippen molar-refractivity contribution in [3.05, 3.63) is 0 Å². The van der Waals surface area contributed by atoms with E-state index in [1.54, 1.807) is 0 Å². The molecule has 20 heavy (non-hydrogen) atoms. The highest BCUT2D eigenvalue weighted by molar-refractivity contribution is 4.96. The van der Waals surface area contributed by atoms with Crippen LogP contribution in [0, 0.1) is 11.8 Å². The van der Waals surface area contributed by atoms with Gasteiger partial charge in [-0.05, 0) is 51.6 Å². The third kappa shape index (κ3) is 5.01. The maximum atomic E-state index is 6.25. The Morgan fingerprint density at radius 3 is 2.15 bits per heavy atom. The van der Waals surface area contributed by atoms with Gasteiger partial charge in [-0.25, -0.2) is 0 Å². The van der Waals surface area contributed by atoms with E-state index >= 15 is 0 Å². The van der Waals surface area contributed by atoms with Gasteiger partial charge < -0.3 is 10.6 Å². The molecule has 120 valence electrons. The van der Waals surface area contributed by atoms with Crippen LogP contribution in [0.3, 0.4) is 0 Å². The van der Waals surface area contributed by atoms with E-state index in [1.807, 2.05) is 0 Å². The molecule has 1 aliphatic carbocycles. The average Bonchev–Trinajstić information content (AvgIpc) is 2.43. The predicted molar refractivity (Wildman–Crippen MR) is 89.0 cm³/mol. The fourth-order valence-electron chi connectivity index (χ4n) is 3.56. The van der Waals surface area contributed by atoms with Crippen LogP contribution >= 0.6 is 0 Å². The molecule has 1 aliphatic rings. The van der Waals surface area contributed by atoms with Gasteiger partial charge in [-0.1, -0.05) is 27.2 Å². The van der Waals surface area contributed by atoms with Crippen LogP contribution in [0.4, 0.5) is 0 Å². The molecule has 0 aromatic carbocycles. The summed E-state index contributed by atoms with van der Waals surface area (Å²) >= 11 is 0. The van der Waals surface area contributed by atoms with E-state index in [0.29, 0.717) is 5.92 Å². The van der Waals surface area contributed by atoms with Crippen molar-refractivity contribution in [2.24, 2.45) is 17.6 Å². The highest BCUT2D eigenvalue weighted by atomic mass is 15.2. The summed E-state index contributed by atoms with van der Waals surface area (Å²) in [7, 11) is 4.33. The van der Waals surface area contributed by atoms with Crippen LogP contribution in [0.2, 0.25) is 0 Å². The molecule has 3 heteroatoms. The van der Waals surface area contributed by atoms with Crippen molar-refractivity contribution in [2.75, 3.05) is 40.3 Å². The van der Waals surface area contributed by atoms with Gasteiger partial charge in [0.2, 0.25) is 0 Å². The molecular formula is C17H37N3. The van der Waals surface area contributed by atoms with Crippen molar-refractivity contribution in [2.45, 2.75) is 58.4 Å². The smallest absolute Gasteiger partial charge is 0.0332 e. The highest BCUT2D eigenvalue weighted by Gasteiger charge is 2.38. The van der Waals surface area contributed by atoms with Crippen LogP contribution in [0.25, 0.3) is 0 Å². The topological polar surface area (TPSA) is 32.5 Å². The van der Waals surface area contributed by atoms with Gasteiger partial charge in [-0.3, -0.25) is 4.90 Å². The van der Waals surface area contributed by atoms with Gasteiger partial charge >= 0.3 is 0 Å². The average molecular weight is 284 g/mol. The second-order valence-corrected chi connectivity index (χ2v) is 7.42. The summed E-state index contributed by atoms with van der Waals surface area (Å²) in [6.45, 7) is 11.3. The zero-order valence-corrected chi connectivity index (χ0v) is 14.5. The summed E-state index contributed by atoms with van der Waals surface area (Å²) in [5.41, 5.74) is 6.52. The van der Waals surface area contributed by atoms with E-state index in [4.69, 9.17) is 5.73 Å². The van der Waals surface area contributed by atoms with Crippen LogP contribution in [0.1, 0.15) is 52.9 Å². The lowest BCUT2D eigenvalue weighted by Crippen LogP contribution is -2.58. The normalized spacial score (nSPS) is 27.8. The van der Waals surface area contributed by atoms with Gasteiger partial charge in [0.05, 0.1) is 0 Å². The van der Waals surface area contributed by atoms with Gasteiger partial charge in [0, 0.05) is 31.7 Å². The van der Waals surface area contributed by atoms with Crippen LogP contribution in [0.5, 0.6) is 0 Å². The Balaban J connectivity index is 2.73. The first-order valence-corrected chi connectivity index (χ1v) is 8.53. The molecule has 0 radical (unpaired) electrons. The van der Waals surface area contributed by atoms with Gasteiger partial charge in [-0.15, -0.1) is 0 Å². The van der Waals surface area contributed by atoms with E-state index in [9.17, 15) is 0 Å². The predicted octanol–water partition coefficient (Wildman–Crippen LogP) is 2.80. The summed E-state index contributed by atoms with van der Waals surface area (Å²) < 4.78 is 0. The number of nitrogens with two attached hydrogens (primary N) is 1. The minimum atomic E-state index is 0.270. The second-order valence-electron chi connectivity index (χ2n) is 7.42. The van der Waals surface area contributed by atoms with Crippen molar-refractivity contribution in [1.29, 1.82) is 0 Å². The minimum Gasteiger partial charge on any atom is -0.329 e. The molecule has 3 nitrogen and oxygen atoms in total. The molecule has 0 aromatic rings. The summed E-state index contributed by atoms with van der Waals surface area (Å²) in [6.07, 6.45) is 6.65. The molecule has 0 spiro atoms. The molecule has 0 unspecified atom stereocenters. The zero-order valence-electron chi connectivity index (χ0n) is 14.5. The van der Waals surface area contributed by atoms with Gasteiger partial charge in [0.25, 0.3) is 0 Å². The summed E-state index contributed by atoms with van der Waals surface area (Å²) in [4.78, 5) is 5.00. The van der Waals surface area contributed by atoms with Gasteiger partial charge in [0.1, 0.15) is 0 Å². The highest BCUT2D eigenvalue weighted by Crippen LogP contribution is 2.37. The third-order valence-electron chi connectivity index (χ3n) is 5.07. The quantitative estimate of drug-likeness (QED) is 0.743. The zero-order chi connectivity index (χ0) is 15.2. The Labute approximate surface area is 126 Å². The monoisotopic (exact) mass is 283 g/mol. The SMILES string of the molecule is CCC1CCC(CN)(N(CCN(C)C)CC(C)C)CC1. The van der Waals surface area contributed by atoms with E-state index in [1.165, 1.54) is 38.6 Å². The van der Waals surface area contributed by atoms with Crippen LogP contribution < -0.4 is 5.73 Å². The Kier molecular flexibility index (Phi) is 7.49. The lowest BCUT2D eigenvalue weighted by atomic mass is 9.74. The number of likely N-dealkylation sites (N-methyl/N-ethyl adjacent to an activating group) is 1. The number of rotatable bonds is 8. The van der Waals surface area contributed by atoms with E-state index in [0.717, 1.165) is 25.6 Å². The Morgan fingerprint density at radius 2 is 1.75 bits per heavy atom. The fraction of sp³-hybridized carbons (Fsp3) is 1.00. The van der Waals surface area contributed by atoms with Crippen molar-refractivity contribution in [1.82, 2.24) is 9.80 Å². The van der Waals surface area contributed by atoms with Crippen LogP contribution in [0.15, 0.2) is 0 Å². The van der Waals surface area contributed by atoms with Crippen molar-refractivity contribution >= 4 is 0 Å². The van der Waals surface area contributed by atoms with E-state index in [-0.39, 0.29) is 5.54 Å². The fourth-order valence-corrected chi connectivity index (χ4v) is 3.56. The number of hydrogen-bond acceptors (Lipinski definition) is 3. The van der Waals surface area contributed by atoms with Gasteiger partial charge in [-0.2, -0.15) is 0 Å². The Bertz CT molecular complexity index is 255. The van der Waals surface area contributed by atoms with Crippen molar-refractivity contribution in [3.8, 4) is 0 Å². The second kappa shape index (κ2) is 8.35. The molecular weight excluding hydrogens is 246 g/mol. The lowest BCUT2D eigenvalue weighted by molar-refractivity contribution is 0.0281. The molecule has 0 aromatic heterocycles.